The van der Waals surface area contributed by atoms with Crippen molar-refractivity contribution in [1.29, 1.82) is 0 Å². The molecule has 1 heterocycles. The molecular weight excluding hydrogens is 413 g/mol. The van der Waals surface area contributed by atoms with Gasteiger partial charge in [-0.05, 0) is 73.7 Å². The van der Waals surface area contributed by atoms with E-state index >= 15 is 0 Å². The van der Waals surface area contributed by atoms with Gasteiger partial charge in [0.15, 0.2) is 0 Å². The normalized spacial score (nSPS) is 17.0. The van der Waals surface area contributed by atoms with Crippen LogP contribution in [0.4, 0.5) is 10.1 Å². The molecular formula is C25H31ClFN3O. The molecule has 6 heteroatoms. The summed E-state index contributed by atoms with van der Waals surface area (Å²) in [4.78, 5) is 14.6. The third kappa shape index (κ3) is 5.04. The summed E-state index contributed by atoms with van der Waals surface area (Å²) in [5, 5.41) is 7.51. The number of nitrogens with zero attached hydrogens (tertiary/aromatic N) is 1. The Hall–Kier alpha value is -2.11. The lowest BCUT2D eigenvalue weighted by molar-refractivity contribution is 0.0691. The standard InChI is InChI=1S/C25H31ClFN3O/c1-30(19-5-3-2-4-6-19)25(31)21-9-7-17(15-23(21)27)16-29-24-20-12-14-28-13-11-18(20)8-10-22(24)26/h7-10,15,19,28-29H,2-6,11-14,16H2,1H3. The molecule has 0 aromatic heterocycles. The summed E-state index contributed by atoms with van der Waals surface area (Å²) in [6.07, 6.45) is 7.38. The monoisotopic (exact) mass is 443 g/mol. The van der Waals surface area contributed by atoms with Crippen molar-refractivity contribution in [2.75, 3.05) is 25.5 Å². The number of halogens is 2. The van der Waals surface area contributed by atoms with E-state index in [0.717, 1.165) is 62.9 Å². The maximum atomic E-state index is 14.9. The lowest BCUT2D eigenvalue weighted by atomic mass is 9.94. The highest BCUT2D eigenvalue weighted by molar-refractivity contribution is 6.33. The number of amides is 1. The number of nitrogens with one attached hydrogen (secondary N) is 2. The summed E-state index contributed by atoms with van der Waals surface area (Å²) in [6, 6.07) is 9.15. The van der Waals surface area contributed by atoms with Crippen molar-refractivity contribution in [2.45, 2.75) is 57.5 Å². The fourth-order valence-electron chi connectivity index (χ4n) is 4.79. The summed E-state index contributed by atoms with van der Waals surface area (Å²) >= 11 is 6.48. The molecule has 2 aliphatic rings. The first-order chi connectivity index (χ1) is 15.0. The number of hydrogen-bond donors (Lipinski definition) is 2. The first-order valence-electron chi connectivity index (χ1n) is 11.3. The molecule has 0 unspecified atom stereocenters. The van der Waals surface area contributed by atoms with Gasteiger partial charge in [-0.3, -0.25) is 4.79 Å². The molecule has 4 nitrogen and oxygen atoms in total. The van der Waals surface area contributed by atoms with E-state index in [1.165, 1.54) is 23.6 Å². The van der Waals surface area contributed by atoms with Crippen LogP contribution in [0.2, 0.25) is 5.02 Å². The molecule has 1 aliphatic carbocycles. The van der Waals surface area contributed by atoms with Crippen molar-refractivity contribution in [3.8, 4) is 0 Å². The van der Waals surface area contributed by atoms with Gasteiger partial charge in [-0.2, -0.15) is 0 Å². The minimum Gasteiger partial charge on any atom is -0.380 e. The van der Waals surface area contributed by atoms with Gasteiger partial charge in [-0.25, -0.2) is 4.39 Å². The summed E-state index contributed by atoms with van der Waals surface area (Å²) in [7, 11) is 1.80. The van der Waals surface area contributed by atoms with Crippen LogP contribution in [0.5, 0.6) is 0 Å². The Balaban J connectivity index is 1.46. The number of carbonyl (C=O) groups is 1. The SMILES string of the molecule is CN(C(=O)c1ccc(CNc2c(Cl)ccc3c2CCNCC3)cc1F)C1CCCCC1. The van der Waals surface area contributed by atoms with Crippen LogP contribution in [-0.4, -0.2) is 37.0 Å². The van der Waals surface area contributed by atoms with E-state index in [2.05, 4.69) is 16.7 Å². The van der Waals surface area contributed by atoms with Gasteiger partial charge in [0.25, 0.3) is 5.91 Å². The van der Waals surface area contributed by atoms with Crippen molar-refractivity contribution in [3.05, 3.63) is 63.4 Å². The minimum absolute atomic E-state index is 0.148. The number of anilines is 1. The molecule has 0 spiro atoms. The average molecular weight is 444 g/mol. The zero-order valence-electron chi connectivity index (χ0n) is 18.1. The summed E-state index contributed by atoms with van der Waals surface area (Å²) in [5.41, 5.74) is 4.40. The summed E-state index contributed by atoms with van der Waals surface area (Å²) in [5.74, 6) is -0.693. The number of benzene rings is 2. The summed E-state index contributed by atoms with van der Waals surface area (Å²) in [6.45, 7) is 2.33. The highest BCUT2D eigenvalue weighted by atomic mass is 35.5. The molecule has 0 saturated heterocycles. The second-order valence-corrected chi connectivity index (χ2v) is 9.09. The highest BCUT2D eigenvalue weighted by Gasteiger charge is 2.25. The lowest BCUT2D eigenvalue weighted by Crippen LogP contribution is -2.38. The molecule has 2 N–H and O–H groups in total. The lowest BCUT2D eigenvalue weighted by Gasteiger charge is -2.31. The molecule has 1 aliphatic heterocycles. The number of fused-ring (bicyclic) bond motifs is 1. The maximum absolute atomic E-state index is 14.9. The van der Waals surface area contributed by atoms with Crippen LogP contribution in [0.15, 0.2) is 30.3 Å². The van der Waals surface area contributed by atoms with Crippen molar-refractivity contribution in [1.82, 2.24) is 10.2 Å². The van der Waals surface area contributed by atoms with E-state index in [4.69, 9.17) is 11.6 Å². The molecule has 2 aromatic carbocycles. The van der Waals surface area contributed by atoms with Gasteiger partial charge in [0, 0.05) is 19.6 Å². The number of hydrogen-bond acceptors (Lipinski definition) is 3. The van der Waals surface area contributed by atoms with Gasteiger partial charge in [0.05, 0.1) is 16.3 Å². The predicted octanol–water partition coefficient (Wildman–Crippen LogP) is 5.18. The second-order valence-electron chi connectivity index (χ2n) is 8.69. The molecule has 0 bridgehead atoms. The average Bonchev–Trinajstić information content (AvgIpc) is 3.04. The molecule has 31 heavy (non-hydrogen) atoms. The van der Waals surface area contributed by atoms with Crippen LogP contribution in [0.3, 0.4) is 0 Å². The van der Waals surface area contributed by atoms with Crippen molar-refractivity contribution >= 4 is 23.2 Å². The molecule has 0 atom stereocenters. The van der Waals surface area contributed by atoms with Crippen molar-refractivity contribution in [3.63, 3.8) is 0 Å². The van der Waals surface area contributed by atoms with Crippen LogP contribution in [-0.2, 0) is 19.4 Å². The van der Waals surface area contributed by atoms with E-state index in [-0.39, 0.29) is 17.5 Å². The highest BCUT2D eigenvalue weighted by Crippen LogP contribution is 2.31. The van der Waals surface area contributed by atoms with E-state index < -0.39 is 5.82 Å². The Morgan fingerprint density at radius 3 is 2.71 bits per heavy atom. The van der Waals surface area contributed by atoms with Gasteiger partial charge in [0.2, 0.25) is 0 Å². The fourth-order valence-corrected chi connectivity index (χ4v) is 5.04. The molecule has 2 aromatic rings. The third-order valence-electron chi connectivity index (χ3n) is 6.66. The molecule has 1 amide bonds. The van der Waals surface area contributed by atoms with Crippen LogP contribution in [0.25, 0.3) is 0 Å². The first-order valence-corrected chi connectivity index (χ1v) is 11.7. The van der Waals surface area contributed by atoms with Crippen LogP contribution < -0.4 is 10.6 Å². The van der Waals surface area contributed by atoms with E-state index in [1.54, 1.807) is 18.0 Å². The predicted molar refractivity (Wildman–Crippen MR) is 124 cm³/mol. The second kappa shape index (κ2) is 10.0. The molecule has 166 valence electrons. The largest absolute Gasteiger partial charge is 0.380 e. The topological polar surface area (TPSA) is 44.4 Å². The Morgan fingerprint density at radius 1 is 1.16 bits per heavy atom. The minimum atomic E-state index is -0.464. The Labute approximate surface area is 189 Å². The van der Waals surface area contributed by atoms with E-state index in [9.17, 15) is 9.18 Å². The smallest absolute Gasteiger partial charge is 0.256 e. The molecule has 0 radical (unpaired) electrons. The Kier molecular flexibility index (Phi) is 7.13. The van der Waals surface area contributed by atoms with Gasteiger partial charge >= 0.3 is 0 Å². The van der Waals surface area contributed by atoms with Crippen molar-refractivity contribution < 1.29 is 9.18 Å². The Morgan fingerprint density at radius 2 is 1.94 bits per heavy atom. The Bertz CT molecular complexity index is 943. The van der Waals surface area contributed by atoms with Gasteiger partial charge < -0.3 is 15.5 Å². The van der Waals surface area contributed by atoms with Gasteiger partial charge in [0.1, 0.15) is 5.82 Å². The maximum Gasteiger partial charge on any atom is 0.256 e. The molecule has 4 rings (SSSR count). The quantitative estimate of drug-likeness (QED) is 0.668. The fraction of sp³-hybridized carbons (Fsp3) is 0.480. The zero-order valence-corrected chi connectivity index (χ0v) is 18.9. The molecule has 1 saturated carbocycles. The summed E-state index contributed by atoms with van der Waals surface area (Å²) < 4.78 is 14.9. The zero-order chi connectivity index (χ0) is 21.8. The van der Waals surface area contributed by atoms with E-state index in [0.29, 0.717) is 11.6 Å². The number of carbonyl (C=O) groups excluding carboxylic acids is 1. The molecule has 1 fully saturated rings. The van der Waals surface area contributed by atoms with Crippen LogP contribution >= 0.6 is 11.6 Å². The van der Waals surface area contributed by atoms with Crippen LogP contribution in [0.1, 0.15) is 59.2 Å². The van der Waals surface area contributed by atoms with Gasteiger partial charge in [-0.1, -0.05) is 43.0 Å². The van der Waals surface area contributed by atoms with Crippen molar-refractivity contribution in [2.24, 2.45) is 0 Å². The van der Waals surface area contributed by atoms with Gasteiger partial charge in [-0.15, -0.1) is 0 Å². The van der Waals surface area contributed by atoms with Crippen LogP contribution in [0, 0.1) is 5.82 Å². The van der Waals surface area contributed by atoms with E-state index in [1.807, 2.05) is 12.1 Å². The third-order valence-corrected chi connectivity index (χ3v) is 6.97. The first kappa shape index (κ1) is 22.1. The number of rotatable bonds is 5.